The molecule has 3 rings (SSSR count). The molecule has 1 saturated heterocycles. The van der Waals surface area contributed by atoms with Crippen molar-refractivity contribution < 1.29 is 0 Å². The molecule has 0 bridgehead atoms. The molecule has 2 aromatic rings. The summed E-state index contributed by atoms with van der Waals surface area (Å²) in [6.45, 7) is 7.01. The lowest BCUT2D eigenvalue weighted by molar-refractivity contribution is 0.249. The zero-order valence-electron chi connectivity index (χ0n) is 12.6. The Morgan fingerprint density at radius 1 is 1.09 bits per heavy atom. The molecule has 3 nitrogen and oxygen atoms in total. The van der Waals surface area contributed by atoms with Gasteiger partial charge in [0.1, 0.15) is 5.82 Å². The topological polar surface area (TPSA) is 19.4 Å². The monoisotopic (exact) mass is 335 g/mol. The molecule has 5 heteroatoms. The molecule has 1 fully saturated rings. The van der Waals surface area contributed by atoms with Crippen LogP contribution in [0.1, 0.15) is 11.1 Å². The molecule has 0 amide bonds. The van der Waals surface area contributed by atoms with Gasteiger partial charge in [0.25, 0.3) is 0 Å². The molecule has 1 aliphatic rings. The third-order valence-electron chi connectivity index (χ3n) is 3.95. The van der Waals surface area contributed by atoms with E-state index in [-0.39, 0.29) is 0 Å². The highest BCUT2D eigenvalue weighted by Crippen LogP contribution is 2.26. The Labute approximate surface area is 141 Å². The second-order valence-electron chi connectivity index (χ2n) is 5.71. The third-order valence-corrected chi connectivity index (χ3v) is 4.43. The second-order valence-corrected chi connectivity index (χ2v) is 6.55. The molecule has 22 heavy (non-hydrogen) atoms. The fourth-order valence-electron chi connectivity index (χ4n) is 2.83. The van der Waals surface area contributed by atoms with Crippen molar-refractivity contribution in [1.82, 2.24) is 9.88 Å². The van der Waals surface area contributed by atoms with Crippen LogP contribution in [0.3, 0.4) is 0 Å². The number of aromatic nitrogens is 1. The number of piperazine rings is 1. The summed E-state index contributed by atoms with van der Waals surface area (Å²) in [7, 11) is 0. The minimum Gasteiger partial charge on any atom is -0.353 e. The molecular weight excluding hydrogens is 317 g/mol. The van der Waals surface area contributed by atoms with E-state index in [0.717, 1.165) is 38.5 Å². The minimum absolute atomic E-state index is 0.576. The molecule has 0 N–H and O–H groups in total. The third kappa shape index (κ3) is 3.72. The summed E-state index contributed by atoms with van der Waals surface area (Å²) < 4.78 is 0. The number of benzene rings is 1. The highest BCUT2D eigenvalue weighted by Gasteiger charge is 2.20. The van der Waals surface area contributed by atoms with Crippen LogP contribution in [0.15, 0.2) is 36.5 Å². The fourth-order valence-corrected chi connectivity index (χ4v) is 3.33. The molecule has 0 radical (unpaired) electrons. The van der Waals surface area contributed by atoms with E-state index in [0.29, 0.717) is 10.0 Å². The van der Waals surface area contributed by atoms with E-state index in [9.17, 15) is 0 Å². The van der Waals surface area contributed by atoms with E-state index in [2.05, 4.69) is 46.0 Å². The summed E-state index contributed by atoms with van der Waals surface area (Å²) in [4.78, 5) is 9.06. The SMILES string of the molecule is Cc1cccc(CN2CCN(c3ncc(Cl)cc3Cl)CC2)c1. The number of nitrogens with zero attached hydrogens (tertiary/aromatic N) is 3. The first kappa shape index (κ1) is 15.6. The van der Waals surface area contributed by atoms with Crippen LogP contribution in [-0.4, -0.2) is 36.1 Å². The number of rotatable bonds is 3. The summed E-state index contributed by atoms with van der Waals surface area (Å²) in [5.41, 5.74) is 2.68. The van der Waals surface area contributed by atoms with Crippen LogP contribution in [0.5, 0.6) is 0 Å². The second kappa shape index (κ2) is 6.86. The van der Waals surface area contributed by atoms with Gasteiger partial charge >= 0.3 is 0 Å². The molecule has 1 aliphatic heterocycles. The van der Waals surface area contributed by atoms with Crippen molar-refractivity contribution in [1.29, 1.82) is 0 Å². The quantitative estimate of drug-likeness (QED) is 0.844. The van der Waals surface area contributed by atoms with Gasteiger partial charge in [0.2, 0.25) is 0 Å². The van der Waals surface area contributed by atoms with Crippen molar-refractivity contribution in [3.63, 3.8) is 0 Å². The molecule has 116 valence electrons. The maximum absolute atomic E-state index is 6.24. The average Bonchev–Trinajstić information content (AvgIpc) is 2.48. The minimum atomic E-state index is 0.576. The highest BCUT2D eigenvalue weighted by molar-refractivity contribution is 6.36. The molecule has 0 unspecified atom stereocenters. The maximum Gasteiger partial charge on any atom is 0.147 e. The summed E-state index contributed by atoms with van der Waals surface area (Å²) >= 11 is 12.2. The summed E-state index contributed by atoms with van der Waals surface area (Å²) in [6, 6.07) is 10.5. The number of pyridine rings is 1. The molecule has 0 aliphatic carbocycles. The first-order valence-corrected chi connectivity index (χ1v) is 8.21. The van der Waals surface area contributed by atoms with Crippen molar-refractivity contribution >= 4 is 29.0 Å². The lowest BCUT2D eigenvalue weighted by Crippen LogP contribution is -2.46. The molecule has 2 heterocycles. The summed E-state index contributed by atoms with van der Waals surface area (Å²) in [5.74, 6) is 0.835. The van der Waals surface area contributed by atoms with Gasteiger partial charge in [-0.15, -0.1) is 0 Å². The number of anilines is 1. The van der Waals surface area contributed by atoms with Gasteiger partial charge in [0, 0.05) is 38.9 Å². The van der Waals surface area contributed by atoms with Crippen LogP contribution in [0, 0.1) is 6.92 Å². The smallest absolute Gasteiger partial charge is 0.147 e. The Morgan fingerprint density at radius 2 is 1.86 bits per heavy atom. The van der Waals surface area contributed by atoms with E-state index in [1.165, 1.54) is 11.1 Å². The predicted octanol–water partition coefficient (Wildman–Crippen LogP) is 4.02. The van der Waals surface area contributed by atoms with Gasteiger partial charge in [-0.05, 0) is 18.6 Å². The van der Waals surface area contributed by atoms with Gasteiger partial charge in [0.05, 0.1) is 10.0 Å². The van der Waals surface area contributed by atoms with Crippen LogP contribution in [0.4, 0.5) is 5.82 Å². The van der Waals surface area contributed by atoms with Gasteiger partial charge in [0.15, 0.2) is 0 Å². The zero-order valence-corrected chi connectivity index (χ0v) is 14.1. The standard InChI is InChI=1S/C17H19Cl2N3/c1-13-3-2-4-14(9-13)12-21-5-7-22(8-6-21)17-16(19)10-15(18)11-20-17/h2-4,9-11H,5-8,12H2,1H3. The van der Waals surface area contributed by atoms with Crippen LogP contribution >= 0.6 is 23.2 Å². The number of aryl methyl sites for hydroxylation is 1. The van der Waals surface area contributed by atoms with E-state index >= 15 is 0 Å². The summed E-state index contributed by atoms with van der Waals surface area (Å²) in [5, 5.41) is 1.20. The molecule has 0 atom stereocenters. The molecule has 1 aromatic heterocycles. The summed E-state index contributed by atoms with van der Waals surface area (Å²) in [6.07, 6.45) is 1.65. The lowest BCUT2D eigenvalue weighted by Gasteiger charge is -2.35. The zero-order chi connectivity index (χ0) is 15.5. The van der Waals surface area contributed by atoms with E-state index in [1.807, 2.05) is 0 Å². The molecular formula is C17H19Cl2N3. The van der Waals surface area contributed by atoms with Crippen LogP contribution in [0.25, 0.3) is 0 Å². The van der Waals surface area contributed by atoms with Gasteiger partial charge < -0.3 is 4.90 Å². The number of hydrogen-bond acceptors (Lipinski definition) is 3. The molecule has 0 saturated carbocycles. The normalized spacial score (nSPS) is 16.0. The van der Waals surface area contributed by atoms with E-state index in [4.69, 9.17) is 23.2 Å². The molecule has 0 spiro atoms. The fraction of sp³-hybridized carbons (Fsp3) is 0.353. The largest absolute Gasteiger partial charge is 0.353 e. The Kier molecular flexibility index (Phi) is 4.87. The van der Waals surface area contributed by atoms with Crippen LogP contribution in [-0.2, 0) is 6.54 Å². The van der Waals surface area contributed by atoms with Gasteiger partial charge in [-0.1, -0.05) is 53.0 Å². The Morgan fingerprint density at radius 3 is 2.55 bits per heavy atom. The van der Waals surface area contributed by atoms with Gasteiger partial charge in [-0.3, -0.25) is 4.90 Å². The van der Waals surface area contributed by atoms with Crippen molar-refractivity contribution in [2.45, 2.75) is 13.5 Å². The number of halogens is 2. The van der Waals surface area contributed by atoms with Crippen molar-refractivity contribution in [2.24, 2.45) is 0 Å². The van der Waals surface area contributed by atoms with Crippen molar-refractivity contribution in [3.8, 4) is 0 Å². The maximum atomic E-state index is 6.24. The molecule has 1 aromatic carbocycles. The van der Waals surface area contributed by atoms with Crippen molar-refractivity contribution in [3.05, 3.63) is 57.7 Å². The Bertz CT molecular complexity index is 652. The first-order chi connectivity index (χ1) is 10.6. The van der Waals surface area contributed by atoms with Crippen LogP contribution < -0.4 is 4.90 Å². The average molecular weight is 336 g/mol. The van der Waals surface area contributed by atoms with E-state index in [1.54, 1.807) is 12.3 Å². The predicted molar refractivity (Wildman–Crippen MR) is 92.9 cm³/mol. The Hall–Kier alpha value is -1.29. The van der Waals surface area contributed by atoms with E-state index < -0.39 is 0 Å². The lowest BCUT2D eigenvalue weighted by atomic mass is 10.1. The first-order valence-electron chi connectivity index (χ1n) is 7.46. The van der Waals surface area contributed by atoms with Crippen molar-refractivity contribution in [2.75, 3.05) is 31.1 Å². The van der Waals surface area contributed by atoms with Crippen LogP contribution in [0.2, 0.25) is 10.0 Å². The Balaban J connectivity index is 1.60. The van der Waals surface area contributed by atoms with Gasteiger partial charge in [-0.25, -0.2) is 4.98 Å². The highest BCUT2D eigenvalue weighted by atomic mass is 35.5. The van der Waals surface area contributed by atoms with Gasteiger partial charge in [-0.2, -0.15) is 0 Å². The number of hydrogen-bond donors (Lipinski definition) is 0.